The first-order valence-corrected chi connectivity index (χ1v) is 8.26. The van der Waals surface area contributed by atoms with Gasteiger partial charge in [-0.05, 0) is 48.6 Å². The Kier molecular flexibility index (Phi) is 5.53. The van der Waals surface area contributed by atoms with Gasteiger partial charge in [-0.2, -0.15) is 0 Å². The second-order valence-electron chi connectivity index (χ2n) is 4.49. The number of guanidine groups is 1. The minimum Gasteiger partial charge on any atom is -0.369 e. The molecule has 0 spiro atoms. The first-order chi connectivity index (χ1) is 10.1. The SMILES string of the molecule is CCc1cccc(NC(N)=Nc2cc(SC)ccc2Cl)c1. The van der Waals surface area contributed by atoms with Crippen LogP contribution < -0.4 is 11.1 Å². The molecule has 0 aliphatic carbocycles. The lowest BCUT2D eigenvalue weighted by Crippen LogP contribution is -2.22. The van der Waals surface area contributed by atoms with Gasteiger partial charge >= 0.3 is 0 Å². The summed E-state index contributed by atoms with van der Waals surface area (Å²) < 4.78 is 0. The van der Waals surface area contributed by atoms with Gasteiger partial charge in [0.1, 0.15) is 0 Å². The van der Waals surface area contributed by atoms with Gasteiger partial charge < -0.3 is 11.1 Å². The monoisotopic (exact) mass is 319 g/mol. The average Bonchev–Trinajstić information content (AvgIpc) is 2.49. The van der Waals surface area contributed by atoms with E-state index in [2.05, 4.69) is 29.4 Å². The number of hydrogen-bond donors (Lipinski definition) is 2. The molecule has 0 unspecified atom stereocenters. The molecular weight excluding hydrogens is 302 g/mol. The average molecular weight is 320 g/mol. The van der Waals surface area contributed by atoms with Gasteiger partial charge in [-0.15, -0.1) is 11.8 Å². The van der Waals surface area contributed by atoms with Gasteiger partial charge in [-0.25, -0.2) is 4.99 Å². The topological polar surface area (TPSA) is 50.4 Å². The largest absolute Gasteiger partial charge is 0.369 e. The number of nitrogens with zero attached hydrogens (tertiary/aromatic N) is 1. The summed E-state index contributed by atoms with van der Waals surface area (Å²) in [6.07, 6.45) is 2.99. The molecule has 5 heteroatoms. The van der Waals surface area contributed by atoms with Crippen LogP contribution in [0.1, 0.15) is 12.5 Å². The maximum Gasteiger partial charge on any atom is 0.198 e. The lowest BCUT2D eigenvalue weighted by atomic mass is 10.1. The van der Waals surface area contributed by atoms with Gasteiger partial charge in [-0.1, -0.05) is 30.7 Å². The van der Waals surface area contributed by atoms with Crippen molar-refractivity contribution in [3.05, 3.63) is 53.1 Å². The van der Waals surface area contributed by atoms with Crippen molar-refractivity contribution >= 4 is 40.7 Å². The second kappa shape index (κ2) is 7.38. The Bertz CT molecular complexity index is 656. The van der Waals surface area contributed by atoms with E-state index in [-0.39, 0.29) is 0 Å². The molecule has 0 bridgehead atoms. The van der Waals surface area contributed by atoms with E-state index in [1.54, 1.807) is 11.8 Å². The fourth-order valence-electron chi connectivity index (χ4n) is 1.88. The highest BCUT2D eigenvalue weighted by Crippen LogP contribution is 2.29. The number of thioether (sulfide) groups is 1. The van der Waals surface area contributed by atoms with Gasteiger partial charge in [0.25, 0.3) is 0 Å². The normalized spacial score (nSPS) is 11.5. The molecule has 0 aliphatic rings. The van der Waals surface area contributed by atoms with Gasteiger partial charge in [0.2, 0.25) is 0 Å². The van der Waals surface area contributed by atoms with Crippen molar-refractivity contribution in [1.82, 2.24) is 0 Å². The summed E-state index contributed by atoms with van der Waals surface area (Å²) in [5.41, 5.74) is 8.80. The number of rotatable bonds is 4. The minimum absolute atomic E-state index is 0.323. The Hall–Kier alpha value is -1.65. The number of halogens is 1. The van der Waals surface area contributed by atoms with Crippen LogP contribution in [0.15, 0.2) is 52.4 Å². The lowest BCUT2D eigenvalue weighted by Gasteiger charge is -2.08. The van der Waals surface area contributed by atoms with Crippen LogP contribution in [0.3, 0.4) is 0 Å². The third-order valence-electron chi connectivity index (χ3n) is 3.00. The number of anilines is 1. The Morgan fingerprint density at radius 2 is 2.10 bits per heavy atom. The molecule has 2 aromatic carbocycles. The second-order valence-corrected chi connectivity index (χ2v) is 5.78. The molecule has 0 aromatic heterocycles. The van der Waals surface area contributed by atoms with E-state index >= 15 is 0 Å². The van der Waals surface area contributed by atoms with E-state index in [9.17, 15) is 0 Å². The molecule has 3 nitrogen and oxygen atoms in total. The number of benzene rings is 2. The van der Waals surface area contributed by atoms with E-state index in [0.717, 1.165) is 17.0 Å². The zero-order valence-electron chi connectivity index (χ0n) is 12.1. The highest BCUT2D eigenvalue weighted by atomic mass is 35.5. The van der Waals surface area contributed by atoms with Crippen molar-refractivity contribution in [2.24, 2.45) is 10.7 Å². The van der Waals surface area contributed by atoms with Gasteiger partial charge in [0, 0.05) is 10.6 Å². The number of aliphatic imine (C=N–C) groups is 1. The number of nitrogens with one attached hydrogen (secondary N) is 1. The molecule has 0 aliphatic heterocycles. The molecule has 21 heavy (non-hydrogen) atoms. The predicted octanol–water partition coefficient (Wildman–Crippen LogP) is 4.68. The van der Waals surface area contributed by atoms with Crippen LogP contribution in [0.5, 0.6) is 0 Å². The van der Waals surface area contributed by atoms with Crippen LogP contribution in [0.2, 0.25) is 5.02 Å². The molecule has 0 amide bonds. The molecular formula is C16H18ClN3S. The van der Waals surface area contributed by atoms with Crippen LogP contribution in [0, 0.1) is 0 Å². The van der Waals surface area contributed by atoms with Crippen LogP contribution in [-0.4, -0.2) is 12.2 Å². The number of nitrogens with two attached hydrogens (primary N) is 1. The van der Waals surface area contributed by atoms with Crippen molar-refractivity contribution in [2.45, 2.75) is 18.2 Å². The standard InChI is InChI=1S/C16H18ClN3S/c1-3-11-5-4-6-12(9-11)19-16(18)20-15-10-13(21-2)7-8-14(15)17/h4-10H,3H2,1-2H3,(H3,18,19,20). The third-order valence-corrected chi connectivity index (χ3v) is 4.05. The summed E-state index contributed by atoms with van der Waals surface area (Å²) in [7, 11) is 0. The van der Waals surface area contributed by atoms with Gasteiger partial charge in [0.15, 0.2) is 5.96 Å². The third kappa shape index (κ3) is 4.41. The zero-order chi connectivity index (χ0) is 15.2. The maximum absolute atomic E-state index is 6.15. The summed E-state index contributed by atoms with van der Waals surface area (Å²) in [6, 6.07) is 13.8. The number of aryl methyl sites for hydroxylation is 1. The lowest BCUT2D eigenvalue weighted by molar-refractivity contribution is 1.14. The first kappa shape index (κ1) is 15.7. The molecule has 0 saturated heterocycles. The first-order valence-electron chi connectivity index (χ1n) is 6.66. The van der Waals surface area contributed by atoms with E-state index < -0.39 is 0 Å². The Balaban J connectivity index is 2.20. The summed E-state index contributed by atoms with van der Waals surface area (Å²) in [5.74, 6) is 0.323. The molecule has 3 N–H and O–H groups in total. The predicted molar refractivity (Wildman–Crippen MR) is 94.0 cm³/mol. The van der Waals surface area contributed by atoms with Crippen LogP contribution in [0.4, 0.5) is 11.4 Å². The summed E-state index contributed by atoms with van der Waals surface area (Å²) in [6.45, 7) is 2.12. The van der Waals surface area contributed by atoms with E-state index in [4.69, 9.17) is 17.3 Å². The fourth-order valence-corrected chi connectivity index (χ4v) is 2.47. The van der Waals surface area contributed by atoms with E-state index in [0.29, 0.717) is 16.7 Å². The fraction of sp³-hybridized carbons (Fsp3) is 0.188. The van der Waals surface area contributed by atoms with E-state index in [1.807, 2.05) is 36.6 Å². The Morgan fingerprint density at radius 3 is 2.81 bits per heavy atom. The highest BCUT2D eigenvalue weighted by Gasteiger charge is 2.03. The quantitative estimate of drug-likeness (QED) is 0.488. The molecule has 2 rings (SSSR count). The van der Waals surface area contributed by atoms with Crippen molar-refractivity contribution < 1.29 is 0 Å². The highest BCUT2D eigenvalue weighted by molar-refractivity contribution is 7.98. The Labute approximate surface area is 134 Å². The van der Waals surface area contributed by atoms with Crippen molar-refractivity contribution in [1.29, 1.82) is 0 Å². The van der Waals surface area contributed by atoms with Crippen LogP contribution in [-0.2, 0) is 6.42 Å². The van der Waals surface area contributed by atoms with Gasteiger partial charge in [-0.3, -0.25) is 0 Å². The summed E-state index contributed by atoms with van der Waals surface area (Å²) in [5, 5.41) is 3.68. The molecule has 0 heterocycles. The summed E-state index contributed by atoms with van der Waals surface area (Å²) in [4.78, 5) is 5.45. The maximum atomic E-state index is 6.15. The molecule has 0 saturated carbocycles. The van der Waals surface area contributed by atoms with E-state index in [1.165, 1.54) is 5.56 Å². The molecule has 110 valence electrons. The molecule has 2 aromatic rings. The molecule has 0 fully saturated rings. The minimum atomic E-state index is 0.323. The zero-order valence-corrected chi connectivity index (χ0v) is 13.6. The summed E-state index contributed by atoms with van der Waals surface area (Å²) >= 11 is 7.79. The molecule has 0 atom stereocenters. The Morgan fingerprint density at radius 1 is 1.29 bits per heavy atom. The van der Waals surface area contributed by atoms with Crippen LogP contribution in [0.25, 0.3) is 0 Å². The van der Waals surface area contributed by atoms with Crippen LogP contribution >= 0.6 is 23.4 Å². The number of hydrogen-bond acceptors (Lipinski definition) is 2. The molecule has 0 radical (unpaired) electrons. The van der Waals surface area contributed by atoms with Crippen molar-refractivity contribution in [3.8, 4) is 0 Å². The van der Waals surface area contributed by atoms with Gasteiger partial charge in [0.05, 0.1) is 10.7 Å². The smallest absolute Gasteiger partial charge is 0.198 e. The van der Waals surface area contributed by atoms with Crippen molar-refractivity contribution in [2.75, 3.05) is 11.6 Å². The van der Waals surface area contributed by atoms with Crippen molar-refractivity contribution in [3.63, 3.8) is 0 Å².